The van der Waals surface area contributed by atoms with E-state index >= 15 is 0 Å². The van der Waals surface area contributed by atoms with Crippen molar-refractivity contribution in [1.29, 1.82) is 0 Å². The number of likely N-dealkylation sites (tertiary alicyclic amines) is 1. The van der Waals surface area contributed by atoms with Crippen molar-refractivity contribution in [3.63, 3.8) is 0 Å². The minimum Gasteiger partial charge on any atom is -0.325 e. The predicted octanol–water partition coefficient (Wildman–Crippen LogP) is 2.86. The highest BCUT2D eigenvalue weighted by atomic mass is 16.2. The molecule has 0 atom stereocenters. The van der Waals surface area contributed by atoms with Crippen molar-refractivity contribution >= 4 is 11.7 Å². The number of amides is 2. The van der Waals surface area contributed by atoms with Crippen LogP contribution in [0.15, 0.2) is 18.2 Å². The van der Waals surface area contributed by atoms with Crippen molar-refractivity contribution in [3.05, 3.63) is 29.3 Å². The van der Waals surface area contributed by atoms with Gasteiger partial charge in [0, 0.05) is 18.8 Å². The fourth-order valence-corrected chi connectivity index (χ4v) is 2.58. The molecule has 1 heterocycles. The summed E-state index contributed by atoms with van der Waals surface area (Å²) in [5, 5.41) is 2.99. The minimum atomic E-state index is -0.0113. The summed E-state index contributed by atoms with van der Waals surface area (Å²) in [7, 11) is 4.03. The molecule has 1 fully saturated rings. The number of piperidine rings is 1. The van der Waals surface area contributed by atoms with Gasteiger partial charge in [-0.3, -0.25) is 0 Å². The topological polar surface area (TPSA) is 35.6 Å². The van der Waals surface area contributed by atoms with Gasteiger partial charge in [-0.2, -0.15) is 0 Å². The molecule has 0 saturated carbocycles. The summed E-state index contributed by atoms with van der Waals surface area (Å²) in [5.41, 5.74) is 3.31. The molecule has 0 spiro atoms. The molecule has 1 aliphatic rings. The molecule has 0 bridgehead atoms. The molecular weight excluding hydrogens is 250 g/mol. The number of carbonyl (C=O) groups excluding carboxylic acids is 1. The van der Waals surface area contributed by atoms with Crippen LogP contribution in [0.2, 0.25) is 0 Å². The zero-order valence-electron chi connectivity index (χ0n) is 12.9. The fraction of sp³-hybridized carbons (Fsp3) is 0.562. The Hall–Kier alpha value is -1.55. The van der Waals surface area contributed by atoms with E-state index in [0.717, 1.165) is 31.6 Å². The lowest BCUT2D eigenvalue weighted by Crippen LogP contribution is -2.46. The Bertz CT molecular complexity index is 479. The van der Waals surface area contributed by atoms with Gasteiger partial charge in [-0.1, -0.05) is 6.07 Å². The SMILES string of the molecule is Cc1ccc(NC(=O)N(C)C2CCN(C)CC2)cc1C. The molecule has 0 radical (unpaired) electrons. The average molecular weight is 275 g/mol. The smallest absolute Gasteiger partial charge is 0.321 e. The number of benzene rings is 1. The molecule has 1 aromatic carbocycles. The van der Waals surface area contributed by atoms with E-state index in [1.165, 1.54) is 11.1 Å². The summed E-state index contributed by atoms with van der Waals surface area (Å²) in [6.07, 6.45) is 2.10. The van der Waals surface area contributed by atoms with Crippen LogP contribution in [0.4, 0.5) is 10.5 Å². The molecule has 110 valence electrons. The van der Waals surface area contributed by atoms with E-state index in [1.807, 2.05) is 30.1 Å². The van der Waals surface area contributed by atoms with E-state index in [2.05, 4.69) is 31.1 Å². The first-order valence-electron chi connectivity index (χ1n) is 7.27. The van der Waals surface area contributed by atoms with Crippen LogP contribution in [-0.2, 0) is 0 Å². The number of aryl methyl sites for hydroxylation is 2. The van der Waals surface area contributed by atoms with Crippen LogP contribution in [0.5, 0.6) is 0 Å². The van der Waals surface area contributed by atoms with Crippen molar-refractivity contribution < 1.29 is 4.79 Å². The first-order valence-corrected chi connectivity index (χ1v) is 7.27. The summed E-state index contributed by atoms with van der Waals surface area (Å²) in [6, 6.07) is 6.36. The molecule has 1 aromatic rings. The van der Waals surface area contributed by atoms with Crippen molar-refractivity contribution in [2.75, 3.05) is 32.5 Å². The maximum absolute atomic E-state index is 12.3. The molecule has 4 heteroatoms. The average Bonchev–Trinajstić information content (AvgIpc) is 2.43. The first kappa shape index (κ1) is 14.9. The van der Waals surface area contributed by atoms with Crippen LogP contribution in [0.25, 0.3) is 0 Å². The third-order valence-electron chi connectivity index (χ3n) is 4.31. The highest BCUT2D eigenvalue weighted by Crippen LogP contribution is 2.17. The highest BCUT2D eigenvalue weighted by Gasteiger charge is 2.23. The van der Waals surface area contributed by atoms with Gasteiger partial charge < -0.3 is 15.1 Å². The van der Waals surface area contributed by atoms with E-state index in [4.69, 9.17) is 0 Å². The van der Waals surface area contributed by atoms with Gasteiger partial charge in [0.25, 0.3) is 0 Å². The monoisotopic (exact) mass is 275 g/mol. The van der Waals surface area contributed by atoms with Gasteiger partial charge >= 0.3 is 6.03 Å². The van der Waals surface area contributed by atoms with Gasteiger partial charge in [0.05, 0.1) is 0 Å². The van der Waals surface area contributed by atoms with Crippen LogP contribution in [0.3, 0.4) is 0 Å². The van der Waals surface area contributed by atoms with E-state index < -0.39 is 0 Å². The zero-order valence-corrected chi connectivity index (χ0v) is 12.9. The zero-order chi connectivity index (χ0) is 14.7. The Kier molecular flexibility index (Phi) is 4.65. The lowest BCUT2D eigenvalue weighted by Gasteiger charge is -2.35. The molecule has 0 unspecified atom stereocenters. The van der Waals surface area contributed by atoms with E-state index in [-0.39, 0.29) is 6.03 Å². The van der Waals surface area contributed by atoms with E-state index in [0.29, 0.717) is 6.04 Å². The summed E-state index contributed by atoms with van der Waals surface area (Å²) in [5.74, 6) is 0. The van der Waals surface area contributed by atoms with Crippen molar-refractivity contribution in [1.82, 2.24) is 9.80 Å². The molecule has 2 amide bonds. The lowest BCUT2D eigenvalue weighted by molar-refractivity contribution is 0.156. The maximum atomic E-state index is 12.3. The van der Waals surface area contributed by atoms with Crippen LogP contribution in [0.1, 0.15) is 24.0 Å². The van der Waals surface area contributed by atoms with E-state index in [9.17, 15) is 4.79 Å². The summed E-state index contributed by atoms with van der Waals surface area (Å²) in [6.45, 7) is 6.26. The summed E-state index contributed by atoms with van der Waals surface area (Å²) in [4.78, 5) is 16.5. The maximum Gasteiger partial charge on any atom is 0.321 e. The van der Waals surface area contributed by atoms with Crippen molar-refractivity contribution in [3.8, 4) is 0 Å². The number of anilines is 1. The number of nitrogens with zero attached hydrogens (tertiary/aromatic N) is 2. The number of rotatable bonds is 2. The van der Waals surface area contributed by atoms with Gasteiger partial charge in [0.2, 0.25) is 0 Å². The van der Waals surface area contributed by atoms with Gasteiger partial charge in [-0.15, -0.1) is 0 Å². The second-order valence-electron chi connectivity index (χ2n) is 5.87. The third-order valence-corrected chi connectivity index (χ3v) is 4.31. The normalized spacial score (nSPS) is 17.0. The molecule has 0 aliphatic carbocycles. The molecule has 1 N–H and O–H groups in total. The Morgan fingerprint density at radius 2 is 1.90 bits per heavy atom. The molecular formula is C16H25N3O. The number of hydrogen-bond donors (Lipinski definition) is 1. The van der Waals surface area contributed by atoms with Crippen molar-refractivity contribution in [2.45, 2.75) is 32.7 Å². The van der Waals surface area contributed by atoms with Gasteiger partial charge in [0.15, 0.2) is 0 Å². The Morgan fingerprint density at radius 3 is 2.50 bits per heavy atom. The molecule has 1 aliphatic heterocycles. The number of hydrogen-bond acceptors (Lipinski definition) is 2. The Balaban J connectivity index is 1.95. The predicted molar refractivity (Wildman–Crippen MR) is 83.2 cm³/mol. The Morgan fingerprint density at radius 1 is 1.25 bits per heavy atom. The second-order valence-corrected chi connectivity index (χ2v) is 5.87. The van der Waals surface area contributed by atoms with Crippen molar-refractivity contribution in [2.24, 2.45) is 0 Å². The molecule has 1 saturated heterocycles. The standard InChI is InChI=1S/C16H25N3O/c1-12-5-6-14(11-13(12)2)17-16(20)19(4)15-7-9-18(3)10-8-15/h5-6,11,15H,7-10H2,1-4H3,(H,17,20). The van der Waals surface area contributed by atoms with Crippen LogP contribution in [0, 0.1) is 13.8 Å². The van der Waals surface area contributed by atoms with Gasteiger partial charge in [-0.25, -0.2) is 4.79 Å². The number of urea groups is 1. The third kappa shape index (κ3) is 3.51. The molecule has 4 nitrogen and oxygen atoms in total. The van der Waals surface area contributed by atoms with Gasteiger partial charge in [-0.05, 0) is 70.1 Å². The quantitative estimate of drug-likeness (QED) is 0.901. The fourth-order valence-electron chi connectivity index (χ4n) is 2.58. The van der Waals surface area contributed by atoms with Crippen LogP contribution >= 0.6 is 0 Å². The van der Waals surface area contributed by atoms with Crippen LogP contribution < -0.4 is 5.32 Å². The van der Waals surface area contributed by atoms with Crippen LogP contribution in [-0.4, -0.2) is 49.1 Å². The highest BCUT2D eigenvalue weighted by molar-refractivity contribution is 5.89. The molecule has 0 aromatic heterocycles. The largest absolute Gasteiger partial charge is 0.325 e. The lowest BCUT2D eigenvalue weighted by atomic mass is 10.0. The molecule has 20 heavy (non-hydrogen) atoms. The Labute approximate surface area is 121 Å². The van der Waals surface area contributed by atoms with Gasteiger partial charge in [0.1, 0.15) is 0 Å². The first-order chi connectivity index (χ1) is 9.47. The minimum absolute atomic E-state index is 0.0113. The second kappa shape index (κ2) is 6.27. The molecule has 2 rings (SSSR count). The van der Waals surface area contributed by atoms with E-state index in [1.54, 1.807) is 0 Å². The summed E-state index contributed by atoms with van der Waals surface area (Å²) >= 11 is 0. The summed E-state index contributed by atoms with van der Waals surface area (Å²) < 4.78 is 0. The number of carbonyl (C=O) groups is 1. The number of nitrogens with one attached hydrogen (secondary N) is 1.